The molecular formula is C23H23N3O3. The molecule has 0 spiro atoms. The highest BCUT2D eigenvalue weighted by Gasteiger charge is 2.09. The summed E-state index contributed by atoms with van der Waals surface area (Å²) in [5.41, 5.74) is 3.96. The fraction of sp³-hybridized carbons (Fsp3) is 0.174. The molecule has 6 nitrogen and oxygen atoms in total. The van der Waals surface area contributed by atoms with E-state index < -0.39 is 0 Å². The molecule has 148 valence electrons. The van der Waals surface area contributed by atoms with Gasteiger partial charge in [0.25, 0.3) is 5.91 Å². The zero-order chi connectivity index (χ0) is 20.6. The zero-order valence-electron chi connectivity index (χ0n) is 16.4. The molecule has 6 heteroatoms. The molecule has 0 bridgehead atoms. The van der Waals surface area contributed by atoms with Gasteiger partial charge in [0.1, 0.15) is 5.82 Å². The van der Waals surface area contributed by atoms with Crippen LogP contribution in [0.2, 0.25) is 0 Å². The number of carbonyl (C=O) groups is 2. The second kappa shape index (κ2) is 9.50. The first kappa shape index (κ1) is 20.1. The number of anilines is 2. The van der Waals surface area contributed by atoms with Crippen molar-refractivity contribution in [1.82, 2.24) is 10.3 Å². The lowest BCUT2D eigenvalue weighted by Crippen LogP contribution is -2.23. The Morgan fingerprint density at radius 3 is 2.48 bits per heavy atom. The largest absolute Gasteiger partial charge is 0.462 e. The van der Waals surface area contributed by atoms with E-state index in [1.165, 1.54) is 0 Å². The number of pyridine rings is 1. The van der Waals surface area contributed by atoms with Crippen LogP contribution in [0.1, 0.15) is 38.8 Å². The van der Waals surface area contributed by atoms with Crippen molar-refractivity contribution in [1.29, 1.82) is 0 Å². The minimum absolute atomic E-state index is 0.170. The molecule has 1 amide bonds. The van der Waals surface area contributed by atoms with E-state index in [0.29, 0.717) is 30.1 Å². The van der Waals surface area contributed by atoms with Gasteiger partial charge in [0.2, 0.25) is 0 Å². The maximum atomic E-state index is 12.5. The summed E-state index contributed by atoms with van der Waals surface area (Å²) >= 11 is 0. The summed E-state index contributed by atoms with van der Waals surface area (Å²) in [7, 11) is 0. The van der Waals surface area contributed by atoms with Crippen molar-refractivity contribution >= 4 is 23.4 Å². The number of carbonyl (C=O) groups excluding carboxylic acids is 2. The summed E-state index contributed by atoms with van der Waals surface area (Å²) < 4.78 is 4.97. The molecule has 2 aromatic carbocycles. The number of amides is 1. The average Bonchev–Trinajstić information content (AvgIpc) is 2.74. The van der Waals surface area contributed by atoms with Crippen molar-refractivity contribution in [3.63, 3.8) is 0 Å². The molecule has 1 heterocycles. The molecular weight excluding hydrogens is 366 g/mol. The molecule has 0 aliphatic heterocycles. The molecule has 0 aliphatic carbocycles. The number of nitrogens with zero attached hydrogens (tertiary/aromatic N) is 1. The van der Waals surface area contributed by atoms with Gasteiger partial charge in [0.05, 0.1) is 12.2 Å². The fourth-order valence-corrected chi connectivity index (χ4v) is 2.78. The van der Waals surface area contributed by atoms with Crippen molar-refractivity contribution in [2.75, 3.05) is 11.9 Å². The number of aromatic nitrogens is 1. The van der Waals surface area contributed by atoms with Crippen LogP contribution in [0.25, 0.3) is 0 Å². The number of ether oxygens (including phenoxy) is 1. The van der Waals surface area contributed by atoms with Crippen LogP contribution in [0, 0.1) is 6.92 Å². The monoisotopic (exact) mass is 389 g/mol. The van der Waals surface area contributed by atoms with Crippen molar-refractivity contribution in [2.24, 2.45) is 0 Å². The molecule has 0 aliphatic rings. The van der Waals surface area contributed by atoms with Crippen LogP contribution in [0.4, 0.5) is 11.5 Å². The van der Waals surface area contributed by atoms with Gasteiger partial charge in [-0.3, -0.25) is 4.79 Å². The van der Waals surface area contributed by atoms with Gasteiger partial charge in [-0.2, -0.15) is 0 Å². The predicted molar refractivity (Wildman–Crippen MR) is 112 cm³/mol. The molecule has 0 atom stereocenters. The number of esters is 1. The Balaban J connectivity index is 1.64. The van der Waals surface area contributed by atoms with Gasteiger partial charge in [-0.25, -0.2) is 9.78 Å². The minimum atomic E-state index is -0.357. The zero-order valence-corrected chi connectivity index (χ0v) is 16.4. The third-order valence-corrected chi connectivity index (χ3v) is 4.39. The van der Waals surface area contributed by atoms with Crippen LogP contribution in [0.5, 0.6) is 0 Å². The molecule has 3 rings (SSSR count). The maximum Gasteiger partial charge on any atom is 0.338 e. The van der Waals surface area contributed by atoms with Crippen molar-refractivity contribution in [3.8, 4) is 0 Å². The Morgan fingerprint density at radius 2 is 1.76 bits per heavy atom. The normalized spacial score (nSPS) is 10.3. The van der Waals surface area contributed by atoms with Crippen LogP contribution in [0.3, 0.4) is 0 Å². The Kier molecular flexibility index (Phi) is 6.58. The van der Waals surface area contributed by atoms with Gasteiger partial charge in [-0.1, -0.05) is 24.3 Å². The number of hydrogen-bond donors (Lipinski definition) is 2. The summed E-state index contributed by atoms with van der Waals surface area (Å²) in [5, 5.41) is 6.07. The second-order valence-corrected chi connectivity index (χ2v) is 6.46. The average molecular weight is 389 g/mol. The topological polar surface area (TPSA) is 80.3 Å². The second-order valence-electron chi connectivity index (χ2n) is 6.46. The van der Waals surface area contributed by atoms with E-state index >= 15 is 0 Å². The maximum absolute atomic E-state index is 12.5. The summed E-state index contributed by atoms with van der Waals surface area (Å²) in [6.45, 7) is 4.58. The van der Waals surface area contributed by atoms with Gasteiger partial charge in [-0.15, -0.1) is 0 Å². The third kappa shape index (κ3) is 5.42. The molecule has 0 saturated heterocycles. The van der Waals surface area contributed by atoms with Crippen molar-refractivity contribution < 1.29 is 14.3 Å². The minimum Gasteiger partial charge on any atom is -0.462 e. The highest BCUT2D eigenvalue weighted by Crippen LogP contribution is 2.17. The van der Waals surface area contributed by atoms with Crippen LogP contribution < -0.4 is 10.6 Å². The number of nitrogens with one attached hydrogen (secondary N) is 2. The Labute approximate surface area is 169 Å². The Hall–Kier alpha value is -3.67. The fourth-order valence-electron chi connectivity index (χ4n) is 2.78. The van der Waals surface area contributed by atoms with Crippen LogP contribution in [0.15, 0.2) is 66.9 Å². The van der Waals surface area contributed by atoms with E-state index in [-0.39, 0.29) is 11.9 Å². The molecule has 0 fully saturated rings. The van der Waals surface area contributed by atoms with Crippen LogP contribution >= 0.6 is 0 Å². The lowest BCUT2D eigenvalue weighted by molar-refractivity contribution is 0.0526. The first-order valence-corrected chi connectivity index (χ1v) is 9.40. The molecule has 3 aromatic rings. The van der Waals surface area contributed by atoms with Gasteiger partial charge in [0, 0.05) is 24.0 Å². The van der Waals surface area contributed by atoms with Gasteiger partial charge in [0.15, 0.2) is 0 Å². The van der Waals surface area contributed by atoms with E-state index in [2.05, 4.69) is 15.6 Å². The Morgan fingerprint density at radius 1 is 1.00 bits per heavy atom. The van der Waals surface area contributed by atoms with E-state index in [4.69, 9.17) is 4.74 Å². The van der Waals surface area contributed by atoms with Gasteiger partial charge in [-0.05, 0) is 61.4 Å². The Bertz CT molecular complexity index is 1000. The molecule has 29 heavy (non-hydrogen) atoms. The molecule has 0 saturated carbocycles. The first-order valence-electron chi connectivity index (χ1n) is 9.40. The summed E-state index contributed by atoms with van der Waals surface area (Å²) in [4.78, 5) is 28.5. The quantitative estimate of drug-likeness (QED) is 0.591. The smallest absolute Gasteiger partial charge is 0.338 e. The number of aryl methyl sites for hydroxylation is 1. The lowest BCUT2D eigenvalue weighted by Gasteiger charge is -2.10. The van der Waals surface area contributed by atoms with Crippen molar-refractivity contribution in [2.45, 2.75) is 20.4 Å². The van der Waals surface area contributed by atoms with E-state index in [9.17, 15) is 9.59 Å². The summed E-state index contributed by atoms with van der Waals surface area (Å²) in [6.07, 6.45) is 1.58. The number of hydrogen-bond acceptors (Lipinski definition) is 5. The molecule has 0 radical (unpaired) electrons. The SMILES string of the molecule is CCOC(=O)c1ccc(Nc2cc(C(=O)NCc3ccccc3C)ccn2)cc1. The van der Waals surface area contributed by atoms with E-state index in [0.717, 1.165) is 16.8 Å². The van der Waals surface area contributed by atoms with Crippen LogP contribution in [-0.2, 0) is 11.3 Å². The highest BCUT2D eigenvalue weighted by molar-refractivity contribution is 5.95. The lowest BCUT2D eigenvalue weighted by atomic mass is 10.1. The standard InChI is InChI=1S/C23H23N3O3/c1-3-29-23(28)17-8-10-20(11-9-17)26-21-14-18(12-13-24-21)22(27)25-15-19-7-5-4-6-16(19)2/h4-14H,3,15H2,1-2H3,(H,24,26)(H,25,27). The summed E-state index contributed by atoms with van der Waals surface area (Å²) in [6, 6.07) is 18.2. The number of rotatable bonds is 7. The van der Waals surface area contributed by atoms with Crippen molar-refractivity contribution in [3.05, 3.63) is 89.1 Å². The number of benzene rings is 2. The van der Waals surface area contributed by atoms with E-state index in [1.54, 1.807) is 49.5 Å². The van der Waals surface area contributed by atoms with Crippen LogP contribution in [-0.4, -0.2) is 23.5 Å². The first-order chi connectivity index (χ1) is 14.1. The predicted octanol–water partition coefficient (Wildman–Crippen LogP) is 4.24. The highest BCUT2D eigenvalue weighted by atomic mass is 16.5. The van der Waals surface area contributed by atoms with E-state index in [1.807, 2.05) is 31.2 Å². The molecule has 2 N–H and O–H groups in total. The van der Waals surface area contributed by atoms with Gasteiger partial charge >= 0.3 is 5.97 Å². The van der Waals surface area contributed by atoms with Gasteiger partial charge < -0.3 is 15.4 Å². The molecule has 0 unspecified atom stereocenters. The summed E-state index contributed by atoms with van der Waals surface area (Å²) in [5.74, 6) is 0.0123. The third-order valence-electron chi connectivity index (χ3n) is 4.39. The molecule has 1 aromatic heterocycles.